The standard InChI is InChI=1S/C76H72BN3S2/c1-47-26-20-24-34-59(47)78(60-35-25-21-27-48(60)2)55-45-63-66-64(46-55)80(61-42-38-53(44-49(61)3)73(7,8)9)62-43-41-58-69(82-76(13,52-30-18-15-19-31-52)75(58,12)51-28-16-14-17-29-51)67(62)77(66)71-68(79(63)54-39-36-50(37-40-54)72(4,5)6)65-56-32-22-23-33-57(56)74(10,11)70(65)81-71/h14-46H,1-13H3. The lowest BCUT2D eigenvalue weighted by atomic mass is 9.35. The Labute approximate surface area is 495 Å². The maximum atomic E-state index is 2.71. The van der Waals surface area contributed by atoms with E-state index in [4.69, 9.17) is 0 Å². The van der Waals surface area contributed by atoms with Gasteiger partial charge in [-0.3, -0.25) is 0 Å². The molecule has 82 heavy (non-hydrogen) atoms. The van der Waals surface area contributed by atoms with Crippen molar-refractivity contribution < 1.29 is 0 Å². The molecule has 1 aromatic heterocycles. The van der Waals surface area contributed by atoms with Crippen LogP contribution in [-0.4, -0.2) is 6.71 Å². The maximum absolute atomic E-state index is 2.71. The number of anilines is 9. The molecule has 0 saturated carbocycles. The minimum absolute atomic E-state index is 0.0188. The lowest BCUT2D eigenvalue weighted by Gasteiger charge is -2.45. The van der Waals surface area contributed by atoms with Crippen molar-refractivity contribution in [1.29, 1.82) is 0 Å². The van der Waals surface area contributed by atoms with Crippen LogP contribution in [0.4, 0.5) is 51.2 Å². The largest absolute Gasteiger partial charge is 0.311 e. The highest BCUT2D eigenvalue weighted by molar-refractivity contribution is 8.01. The Morgan fingerprint density at radius 2 is 1.02 bits per heavy atom. The van der Waals surface area contributed by atoms with Crippen LogP contribution >= 0.6 is 23.1 Å². The Kier molecular flexibility index (Phi) is 11.9. The lowest BCUT2D eigenvalue weighted by Crippen LogP contribution is -2.61. The molecule has 14 rings (SSSR count). The number of hydrogen-bond donors (Lipinski definition) is 0. The first-order valence-electron chi connectivity index (χ1n) is 29.4. The monoisotopic (exact) mass is 1100 g/mol. The zero-order chi connectivity index (χ0) is 57.0. The summed E-state index contributed by atoms with van der Waals surface area (Å²) in [5.74, 6) is 0. The van der Waals surface area contributed by atoms with Gasteiger partial charge in [0.2, 0.25) is 0 Å². The summed E-state index contributed by atoms with van der Waals surface area (Å²) in [6, 6.07) is 76.9. The van der Waals surface area contributed by atoms with Gasteiger partial charge < -0.3 is 14.7 Å². The van der Waals surface area contributed by atoms with Crippen molar-refractivity contribution in [2.45, 2.75) is 121 Å². The van der Waals surface area contributed by atoms with E-state index in [1.165, 1.54) is 115 Å². The van der Waals surface area contributed by atoms with E-state index in [-0.39, 0.29) is 27.7 Å². The van der Waals surface area contributed by atoms with Crippen molar-refractivity contribution >= 4 is 96.7 Å². The highest BCUT2D eigenvalue weighted by Crippen LogP contribution is 2.66. The molecule has 0 N–H and O–H groups in total. The average Bonchev–Trinajstić information content (AvgIpc) is 3.51. The molecule has 3 aliphatic heterocycles. The predicted molar refractivity (Wildman–Crippen MR) is 355 cm³/mol. The second-order valence-electron chi connectivity index (χ2n) is 26.5. The normalized spacial score (nSPS) is 18.1. The topological polar surface area (TPSA) is 9.72 Å². The van der Waals surface area contributed by atoms with Crippen LogP contribution in [0.1, 0.15) is 124 Å². The molecule has 0 radical (unpaired) electrons. The van der Waals surface area contributed by atoms with Crippen molar-refractivity contribution in [3.05, 3.63) is 255 Å². The van der Waals surface area contributed by atoms with Crippen LogP contribution in [0.5, 0.6) is 0 Å². The van der Waals surface area contributed by atoms with E-state index in [0.29, 0.717) is 0 Å². The van der Waals surface area contributed by atoms with Crippen LogP contribution < -0.4 is 30.4 Å². The predicted octanol–water partition coefficient (Wildman–Crippen LogP) is 19.5. The highest BCUT2D eigenvalue weighted by atomic mass is 32.2. The van der Waals surface area contributed by atoms with Crippen LogP contribution in [0.25, 0.3) is 11.1 Å². The van der Waals surface area contributed by atoms with Gasteiger partial charge in [0.05, 0.1) is 16.1 Å². The van der Waals surface area contributed by atoms with E-state index in [0.717, 1.165) is 22.7 Å². The van der Waals surface area contributed by atoms with Gasteiger partial charge in [0.25, 0.3) is 6.71 Å². The smallest absolute Gasteiger partial charge is 0.266 e. The van der Waals surface area contributed by atoms with E-state index >= 15 is 0 Å². The highest BCUT2D eigenvalue weighted by Gasteiger charge is 2.59. The molecule has 9 aromatic carbocycles. The fourth-order valence-corrected chi connectivity index (χ4v) is 17.8. The van der Waals surface area contributed by atoms with Gasteiger partial charge in [-0.2, -0.15) is 11.3 Å². The number of thioether (sulfide) groups is 1. The van der Waals surface area contributed by atoms with E-state index < -0.39 is 5.41 Å². The van der Waals surface area contributed by atoms with Crippen LogP contribution in [-0.2, 0) is 26.4 Å². The Balaban J connectivity index is 1.17. The summed E-state index contributed by atoms with van der Waals surface area (Å²) < 4.78 is 1.04. The summed E-state index contributed by atoms with van der Waals surface area (Å²) in [6.45, 7) is 30.7. The maximum Gasteiger partial charge on any atom is 0.266 e. The van der Waals surface area contributed by atoms with Gasteiger partial charge >= 0.3 is 0 Å². The first-order chi connectivity index (χ1) is 39.2. The van der Waals surface area contributed by atoms with Gasteiger partial charge in [-0.05, 0) is 161 Å². The molecule has 2 unspecified atom stereocenters. The van der Waals surface area contributed by atoms with Gasteiger partial charge in [0.1, 0.15) is 0 Å². The Morgan fingerprint density at radius 1 is 0.476 bits per heavy atom. The van der Waals surface area contributed by atoms with Crippen LogP contribution in [0.15, 0.2) is 205 Å². The van der Waals surface area contributed by atoms with Crippen molar-refractivity contribution in [2.75, 3.05) is 14.7 Å². The molecule has 10 aromatic rings. The number of fused-ring (bicyclic) bond motifs is 10. The third-order valence-electron chi connectivity index (χ3n) is 19.2. The Morgan fingerprint density at radius 3 is 1.63 bits per heavy atom. The molecule has 1 aliphatic carbocycles. The number of hydrogen-bond acceptors (Lipinski definition) is 5. The zero-order valence-electron chi connectivity index (χ0n) is 49.8. The molecule has 0 spiro atoms. The quantitative estimate of drug-likeness (QED) is 0.147. The molecular formula is C76H72BN3S2. The minimum atomic E-state index is -0.398. The van der Waals surface area contributed by atoms with Gasteiger partial charge in [0, 0.05) is 70.8 Å². The number of benzene rings is 9. The van der Waals surface area contributed by atoms with E-state index in [2.05, 4.69) is 328 Å². The van der Waals surface area contributed by atoms with E-state index in [1.807, 2.05) is 0 Å². The van der Waals surface area contributed by atoms with Crippen molar-refractivity contribution in [2.24, 2.45) is 0 Å². The van der Waals surface area contributed by atoms with Gasteiger partial charge in [-0.25, -0.2) is 0 Å². The zero-order valence-corrected chi connectivity index (χ0v) is 51.4. The number of nitrogens with zero attached hydrogens (tertiary/aromatic N) is 3. The summed E-state index contributed by atoms with van der Waals surface area (Å²) in [4.78, 5) is 10.8. The molecular weight excluding hydrogens is 1030 g/mol. The fraction of sp³-hybridized carbons (Fsp3) is 0.237. The Bertz CT molecular complexity index is 4170. The summed E-state index contributed by atoms with van der Waals surface area (Å²) in [5.41, 5.74) is 27.3. The third-order valence-corrected chi connectivity index (χ3v) is 22.4. The van der Waals surface area contributed by atoms with Crippen molar-refractivity contribution in [3.8, 4) is 11.1 Å². The summed E-state index contributed by atoms with van der Waals surface area (Å²) in [7, 11) is 0. The van der Waals surface area contributed by atoms with Gasteiger partial charge in [0.15, 0.2) is 0 Å². The molecule has 0 bridgehead atoms. The van der Waals surface area contributed by atoms with Crippen molar-refractivity contribution in [3.63, 3.8) is 0 Å². The molecule has 406 valence electrons. The number of para-hydroxylation sites is 2. The lowest BCUT2D eigenvalue weighted by molar-refractivity contribution is 0.440. The third kappa shape index (κ3) is 7.55. The fourth-order valence-electron chi connectivity index (χ4n) is 14.5. The molecule has 4 aliphatic rings. The van der Waals surface area contributed by atoms with Gasteiger partial charge in [-0.1, -0.05) is 207 Å². The molecule has 0 saturated heterocycles. The minimum Gasteiger partial charge on any atom is -0.311 e. The van der Waals surface area contributed by atoms with Crippen LogP contribution in [0.3, 0.4) is 0 Å². The second-order valence-corrected chi connectivity index (χ2v) is 29.0. The molecule has 4 heterocycles. The van der Waals surface area contributed by atoms with Crippen LogP contribution in [0, 0.1) is 20.8 Å². The number of rotatable bonds is 7. The molecule has 3 nitrogen and oxygen atoms in total. The van der Waals surface area contributed by atoms with Crippen LogP contribution in [0.2, 0.25) is 0 Å². The first-order valence-corrected chi connectivity index (χ1v) is 31.0. The molecule has 0 fully saturated rings. The summed E-state index contributed by atoms with van der Waals surface area (Å²) in [5, 5.41) is 0. The summed E-state index contributed by atoms with van der Waals surface area (Å²) >= 11 is 4.16. The van der Waals surface area contributed by atoms with E-state index in [1.54, 1.807) is 0 Å². The number of thiophene rings is 1. The van der Waals surface area contributed by atoms with Gasteiger partial charge in [-0.15, -0.1) is 11.8 Å². The molecule has 2 atom stereocenters. The van der Waals surface area contributed by atoms with Crippen molar-refractivity contribution in [1.82, 2.24) is 0 Å². The van der Waals surface area contributed by atoms with E-state index in [9.17, 15) is 0 Å². The Hall–Kier alpha value is -7.51. The number of aryl methyl sites for hydroxylation is 3. The first kappa shape index (κ1) is 52.6. The SMILES string of the molecule is Cc1ccccc1N(c1cc2c3c(c1)N(c1ccc(C(C)(C)C)cc1)c1c(sc4c1-c1ccccc1C4(C)C)B3c1c(ccc3c1SC(C)(c1ccccc1)C3(C)c1ccccc1)N2c1ccc(C(C)(C)C)cc1C)c1ccccc1C. The summed E-state index contributed by atoms with van der Waals surface area (Å²) in [6.07, 6.45) is 0. The average molecular weight is 1100 g/mol. The molecule has 6 heteroatoms. The second kappa shape index (κ2) is 18.5. The molecule has 0 amide bonds.